The molecule has 0 saturated heterocycles. The van der Waals surface area contributed by atoms with E-state index in [0.717, 1.165) is 11.3 Å². The monoisotopic (exact) mass is 266 g/mol. The van der Waals surface area contributed by atoms with E-state index in [1.165, 1.54) is 0 Å². The van der Waals surface area contributed by atoms with E-state index in [4.69, 9.17) is 14.2 Å². The molecule has 1 aromatic rings. The molecule has 1 aliphatic heterocycles. The summed E-state index contributed by atoms with van der Waals surface area (Å²) in [6.07, 6.45) is -0.976. The molecule has 4 nitrogen and oxygen atoms in total. The van der Waals surface area contributed by atoms with Gasteiger partial charge in [0.25, 0.3) is 0 Å². The first kappa shape index (κ1) is 14.2. The molecule has 1 aromatic carbocycles. The van der Waals surface area contributed by atoms with Crippen molar-refractivity contribution in [3.8, 4) is 11.5 Å². The van der Waals surface area contributed by atoms with Crippen LogP contribution < -0.4 is 9.47 Å². The largest absolute Gasteiger partial charge is 0.486 e. The fraction of sp³-hybridized carbons (Fsp3) is 0.600. The number of methoxy groups -OCH3 is 1. The second kappa shape index (κ2) is 5.39. The molecule has 0 amide bonds. The van der Waals surface area contributed by atoms with Gasteiger partial charge < -0.3 is 19.3 Å². The molecule has 0 fully saturated rings. The lowest BCUT2D eigenvalue weighted by molar-refractivity contribution is -0.0725. The van der Waals surface area contributed by atoms with Crippen LogP contribution in [0.4, 0.5) is 0 Å². The van der Waals surface area contributed by atoms with Crippen molar-refractivity contribution in [1.29, 1.82) is 0 Å². The highest BCUT2D eigenvalue weighted by Gasteiger charge is 2.32. The van der Waals surface area contributed by atoms with E-state index in [2.05, 4.69) is 0 Å². The first-order valence-corrected chi connectivity index (χ1v) is 6.54. The van der Waals surface area contributed by atoms with Gasteiger partial charge in [-0.25, -0.2) is 0 Å². The van der Waals surface area contributed by atoms with E-state index in [1.54, 1.807) is 7.11 Å². The summed E-state index contributed by atoms with van der Waals surface area (Å²) in [4.78, 5) is 0. The molecule has 1 aliphatic rings. The molecular formula is C15H22O4. The Bertz CT molecular complexity index is 436. The predicted molar refractivity (Wildman–Crippen MR) is 72.6 cm³/mol. The topological polar surface area (TPSA) is 47.9 Å². The van der Waals surface area contributed by atoms with Gasteiger partial charge in [0, 0.05) is 7.11 Å². The zero-order chi connectivity index (χ0) is 14.0. The maximum Gasteiger partial charge on any atom is 0.161 e. The molecule has 106 valence electrons. The van der Waals surface area contributed by atoms with E-state index < -0.39 is 6.10 Å². The van der Waals surface area contributed by atoms with Crippen LogP contribution in [-0.4, -0.2) is 31.5 Å². The summed E-state index contributed by atoms with van der Waals surface area (Å²) in [5, 5.41) is 10.5. The number of ether oxygens (including phenoxy) is 3. The quantitative estimate of drug-likeness (QED) is 0.913. The van der Waals surface area contributed by atoms with Gasteiger partial charge in [0.05, 0.1) is 6.10 Å². The van der Waals surface area contributed by atoms with Crippen molar-refractivity contribution in [3.63, 3.8) is 0 Å². The zero-order valence-corrected chi connectivity index (χ0v) is 12.0. The summed E-state index contributed by atoms with van der Waals surface area (Å²) in [7, 11) is 1.62. The van der Waals surface area contributed by atoms with E-state index in [9.17, 15) is 5.11 Å². The fourth-order valence-corrected chi connectivity index (χ4v) is 2.37. The van der Waals surface area contributed by atoms with Gasteiger partial charge in [-0.05, 0) is 23.1 Å². The van der Waals surface area contributed by atoms with Gasteiger partial charge in [0.15, 0.2) is 11.5 Å². The van der Waals surface area contributed by atoms with Crippen molar-refractivity contribution in [2.45, 2.75) is 33.0 Å². The molecule has 0 aliphatic carbocycles. The highest BCUT2D eigenvalue weighted by Crippen LogP contribution is 2.37. The van der Waals surface area contributed by atoms with Gasteiger partial charge in [-0.1, -0.05) is 26.8 Å². The first-order chi connectivity index (χ1) is 8.93. The number of rotatable bonds is 3. The minimum atomic E-state index is -0.694. The molecule has 2 unspecified atom stereocenters. The minimum Gasteiger partial charge on any atom is -0.486 e. The maximum absolute atomic E-state index is 10.5. The highest BCUT2D eigenvalue weighted by atomic mass is 16.6. The summed E-state index contributed by atoms with van der Waals surface area (Å²) in [6.45, 7) is 7.24. The van der Waals surface area contributed by atoms with Gasteiger partial charge in [0.1, 0.15) is 19.3 Å². The Balaban J connectivity index is 2.25. The van der Waals surface area contributed by atoms with Crippen molar-refractivity contribution in [2.75, 3.05) is 20.3 Å². The second-order valence-electron chi connectivity index (χ2n) is 5.87. The van der Waals surface area contributed by atoms with Gasteiger partial charge in [-0.15, -0.1) is 0 Å². The average molecular weight is 266 g/mol. The van der Waals surface area contributed by atoms with Crippen LogP contribution in [0, 0.1) is 5.41 Å². The van der Waals surface area contributed by atoms with Gasteiger partial charge in [-0.3, -0.25) is 0 Å². The molecule has 0 saturated carbocycles. The molecule has 4 heteroatoms. The molecule has 1 N–H and O–H groups in total. The standard InChI is InChI=1S/C15H22O4/c1-15(2,3)14(17-4)13(16)10-5-6-11-12(9-10)19-8-7-18-11/h5-6,9,13-14,16H,7-8H2,1-4H3. The van der Waals surface area contributed by atoms with E-state index in [0.29, 0.717) is 19.0 Å². The smallest absolute Gasteiger partial charge is 0.161 e. The van der Waals surface area contributed by atoms with Crippen molar-refractivity contribution in [2.24, 2.45) is 5.41 Å². The third-order valence-electron chi connectivity index (χ3n) is 3.30. The van der Waals surface area contributed by atoms with Crippen LogP contribution in [0.2, 0.25) is 0 Å². The molecule has 1 heterocycles. The molecule has 0 spiro atoms. The molecule has 2 rings (SSSR count). The van der Waals surface area contributed by atoms with Crippen LogP contribution in [0.25, 0.3) is 0 Å². The van der Waals surface area contributed by atoms with E-state index in [1.807, 2.05) is 39.0 Å². The Labute approximate surface area is 114 Å². The SMILES string of the molecule is COC(C(O)c1ccc2c(c1)OCCO2)C(C)(C)C. The summed E-state index contributed by atoms with van der Waals surface area (Å²) in [5.74, 6) is 1.42. The molecule has 2 atom stereocenters. The van der Waals surface area contributed by atoms with E-state index in [-0.39, 0.29) is 11.5 Å². The zero-order valence-electron chi connectivity index (χ0n) is 12.0. The summed E-state index contributed by atoms with van der Waals surface area (Å²) < 4.78 is 16.5. The Morgan fingerprint density at radius 3 is 2.37 bits per heavy atom. The summed E-state index contributed by atoms with van der Waals surface area (Å²) in [5.41, 5.74) is 0.632. The predicted octanol–water partition coefficient (Wildman–Crippen LogP) is 2.55. The van der Waals surface area contributed by atoms with Gasteiger partial charge in [0.2, 0.25) is 0 Å². The average Bonchev–Trinajstić information content (AvgIpc) is 2.37. The van der Waals surface area contributed by atoms with Crippen molar-refractivity contribution in [1.82, 2.24) is 0 Å². The Morgan fingerprint density at radius 1 is 1.16 bits per heavy atom. The molecule has 0 aromatic heterocycles. The molecular weight excluding hydrogens is 244 g/mol. The lowest BCUT2D eigenvalue weighted by atomic mass is 9.83. The highest BCUT2D eigenvalue weighted by molar-refractivity contribution is 5.44. The lowest BCUT2D eigenvalue weighted by Gasteiger charge is -2.33. The third kappa shape index (κ3) is 3.01. The molecule has 19 heavy (non-hydrogen) atoms. The third-order valence-corrected chi connectivity index (χ3v) is 3.30. The maximum atomic E-state index is 10.5. The number of hydrogen-bond donors (Lipinski definition) is 1. The van der Waals surface area contributed by atoms with Crippen molar-refractivity contribution < 1.29 is 19.3 Å². The van der Waals surface area contributed by atoms with Gasteiger partial charge in [-0.2, -0.15) is 0 Å². The lowest BCUT2D eigenvalue weighted by Crippen LogP contribution is -2.34. The van der Waals surface area contributed by atoms with Crippen LogP contribution in [0.5, 0.6) is 11.5 Å². The summed E-state index contributed by atoms with van der Waals surface area (Å²) >= 11 is 0. The summed E-state index contributed by atoms with van der Waals surface area (Å²) in [6, 6.07) is 5.52. The number of fused-ring (bicyclic) bond motifs is 1. The number of aliphatic hydroxyl groups excluding tert-OH is 1. The van der Waals surface area contributed by atoms with Crippen molar-refractivity contribution in [3.05, 3.63) is 23.8 Å². The molecule has 0 radical (unpaired) electrons. The van der Waals surface area contributed by atoms with Crippen molar-refractivity contribution >= 4 is 0 Å². The number of hydrogen-bond acceptors (Lipinski definition) is 4. The first-order valence-electron chi connectivity index (χ1n) is 6.54. The Morgan fingerprint density at radius 2 is 1.79 bits per heavy atom. The number of benzene rings is 1. The van der Waals surface area contributed by atoms with Crippen LogP contribution in [0.3, 0.4) is 0 Å². The van der Waals surface area contributed by atoms with Gasteiger partial charge >= 0.3 is 0 Å². The molecule has 0 bridgehead atoms. The minimum absolute atomic E-state index is 0.151. The second-order valence-corrected chi connectivity index (χ2v) is 5.87. The van der Waals surface area contributed by atoms with Crippen LogP contribution in [0.1, 0.15) is 32.4 Å². The Hall–Kier alpha value is -1.26. The Kier molecular flexibility index (Phi) is 4.02. The van der Waals surface area contributed by atoms with Crippen LogP contribution >= 0.6 is 0 Å². The fourth-order valence-electron chi connectivity index (χ4n) is 2.37. The van der Waals surface area contributed by atoms with Crippen LogP contribution in [-0.2, 0) is 4.74 Å². The number of aliphatic hydroxyl groups is 1. The van der Waals surface area contributed by atoms with Crippen LogP contribution in [0.15, 0.2) is 18.2 Å². The van der Waals surface area contributed by atoms with E-state index >= 15 is 0 Å². The normalized spacial score (nSPS) is 17.9.